The summed E-state index contributed by atoms with van der Waals surface area (Å²) < 4.78 is 8.10. The van der Waals surface area contributed by atoms with Crippen molar-refractivity contribution in [1.29, 1.82) is 0 Å². The molecule has 3 nitrogen and oxygen atoms in total. The van der Waals surface area contributed by atoms with E-state index in [4.69, 9.17) is 4.74 Å². The molecular weight excluding hydrogens is 272 g/mol. The zero-order valence-electron chi connectivity index (χ0n) is 12.4. The molecule has 0 unspecified atom stereocenters. The highest BCUT2D eigenvalue weighted by molar-refractivity contribution is 5.88. The number of benzene rings is 2. The Bertz CT molecular complexity index is 832. The van der Waals surface area contributed by atoms with Gasteiger partial charge in [0.15, 0.2) is 5.76 Å². The molecule has 0 fully saturated rings. The van der Waals surface area contributed by atoms with E-state index in [-0.39, 0.29) is 0 Å². The smallest absolute Gasteiger partial charge is 0.153 e. The van der Waals surface area contributed by atoms with Gasteiger partial charge in [-0.1, -0.05) is 60.7 Å². The maximum Gasteiger partial charge on any atom is 0.153 e. The van der Waals surface area contributed by atoms with E-state index in [9.17, 15) is 0 Å². The third kappa shape index (κ3) is 2.11. The van der Waals surface area contributed by atoms with Crippen LogP contribution in [0.5, 0.6) is 0 Å². The zero-order chi connectivity index (χ0) is 14.9. The Morgan fingerprint density at radius 2 is 1.55 bits per heavy atom. The number of fused-ring (bicyclic) bond motifs is 1. The molecule has 108 valence electrons. The highest BCUT2D eigenvalue weighted by atomic mass is 16.5. The van der Waals surface area contributed by atoms with Gasteiger partial charge in [-0.05, 0) is 13.0 Å². The quantitative estimate of drug-likeness (QED) is 0.710. The monoisotopic (exact) mass is 288 g/mol. The molecule has 0 atom stereocenters. The SMILES string of the molecule is Cc1cc2n(n1)C(c1ccccc1)=C(c1ccccc1)OC2. The van der Waals surface area contributed by atoms with Gasteiger partial charge < -0.3 is 4.74 Å². The third-order valence-electron chi connectivity index (χ3n) is 3.78. The second kappa shape index (κ2) is 5.19. The molecule has 0 aliphatic carbocycles. The fourth-order valence-electron chi connectivity index (χ4n) is 2.82. The topological polar surface area (TPSA) is 27.1 Å². The highest BCUT2D eigenvalue weighted by Gasteiger charge is 2.23. The summed E-state index contributed by atoms with van der Waals surface area (Å²) in [5.41, 5.74) is 5.25. The summed E-state index contributed by atoms with van der Waals surface area (Å²) in [5, 5.41) is 4.66. The van der Waals surface area contributed by atoms with Gasteiger partial charge >= 0.3 is 0 Å². The standard InChI is InChI=1S/C19H16N2O/c1-14-12-17-13-22-19(16-10-6-3-7-11-16)18(21(17)20-14)15-8-4-2-5-9-15/h2-12H,13H2,1H3. The zero-order valence-corrected chi connectivity index (χ0v) is 12.4. The molecule has 1 aromatic heterocycles. The predicted molar refractivity (Wildman–Crippen MR) is 86.8 cm³/mol. The van der Waals surface area contributed by atoms with Crippen LogP contribution < -0.4 is 0 Å². The maximum atomic E-state index is 6.09. The van der Waals surface area contributed by atoms with Crippen LogP contribution in [0.1, 0.15) is 22.5 Å². The first-order valence-electron chi connectivity index (χ1n) is 7.37. The van der Waals surface area contributed by atoms with Gasteiger partial charge in [-0.15, -0.1) is 0 Å². The lowest BCUT2D eigenvalue weighted by molar-refractivity contribution is 0.247. The third-order valence-corrected chi connectivity index (χ3v) is 3.78. The van der Waals surface area contributed by atoms with E-state index in [0.29, 0.717) is 6.61 Å². The summed E-state index contributed by atoms with van der Waals surface area (Å²) in [7, 11) is 0. The van der Waals surface area contributed by atoms with E-state index in [1.165, 1.54) is 0 Å². The average molecular weight is 288 g/mol. The molecule has 2 heterocycles. The number of ether oxygens (including phenoxy) is 1. The van der Waals surface area contributed by atoms with Crippen molar-refractivity contribution in [2.24, 2.45) is 0 Å². The second-order valence-electron chi connectivity index (χ2n) is 5.39. The first-order valence-corrected chi connectivity index (χ1v) is 7.37. The first-order chi connectivity index (χ1) is 10.8. The lowest BCUT2D eigenvalue weighted by Crippen LogP contribution is -2.15. The summed E-state index contributed by atoms with van der Waals surface area (Å²) in [4.78, 5) is 0. The molecule has 2 aromatic carbocycles. The average Bonchev–Trinajstić information content (AvgIpc) is 2.95. The van der Waals surface area contributed by atoms with Crippen LogP contribution >= 0.6 is 0 Å². The number of nitrogens with zero attached hydrogens (tertiary/aromatic N) is 2. The predicted octanol–water partition coefficient (Wildman–Crippen LogP) is 4.10. The molecular formula is C19H16N2O. The van der Waals surface area contributed by atoms with Crippen LogP contribution in [-0.2, 0) is 11.3 Å². The summed E-state index contributed by atoms with van der Waals surface area (Å²) in [6.45, 7) is 2.55. The Morgan fingerprint density at radius 3 is 2.23 bits per heavy atom. The fraction of sp³-hybridized carbons (Fsp3) is 0.105. The molecule has 0 N–H and O–H groups in total. The minimum atomic E-state index is 0.543. The molecule has 3 aromatic rings. The highest BCUT2D eigenvalue weighted by Crippen LogP contribution is 2.34. The van der Waals surface area contributed by atoms with Crippen LogP contribution in [0.3, 0.4) is 0 Å². The van der Waals surface area contributed by atoms with Crippen LogP contribution in [0.25, 0.3) is 11.5 Å². The lowest BCUT2D eigenvalue weighted by atomic mass is 10.1. The van der Waals surface area contributed by atoms with Crippen molar-refractivity contribution in [3.63, 3.8) is 0 Å². The molecule has 0 spiro atoms. The number of hydrogen-bond acceptors (Lipinski definition) is 2. The minimum Gasteiger partial charge on any atom is -0.484 e. The van der Waals surface area contributed by atoms with E-state index in [1.807, 2.05) is 48.0 Å². The largest absolute Gasteiger partial charge is 0.484 e. The second-order valence-corrected chi connectivity index (χ2v) is 5.39. The summed E-state index contributed by atoms with van der Waals surface area (Å²) in [6, 6.07) is 22.6. The number of aryl methyl sites for hydroxylation is 1. The van der Waals surface area contributed by atoms with E-state index >= 15 is 0 Å². The molecule has 1 aliphatic heterocycles. The molecule has 0 saturated carbocycles. The van der Waals surface area contributed by atoms with Crippen molar-refractivity contribution in [2.75, 3.05) is 0 Å². The van der Waals surface area contributed by atoms with Crippen LogP contribution in [0.15, 0.2) is 66.7 Å². The summed E-state index contributed by atoms with van der Waals surface area (Å²) in [5.74, 6) is 0.877. The number of hydrogen-bond donors (Lipinski definition) is 0. The van der Waals surface area contributed by atoms with Crippen LogP contribution in [0, 0.1) is 6.92 Å². The molecule has 0 saturated heterocycles. The Balaban J connectivity index is 1.99. The van der Waals surface area contributed by atoms with Gasteiger partial charge in [0.25, 0.3) is 0 Å². The molecule has 4 rings (SSSR count). The Kier molecular flexibility index (Phi) is 3.04. The molecule has 0 bridgehead atoms. The molecule has 0 radical (unpaired) electrons. The number of rotatable bonds is 2. The minimum absolute atomic E-state index is 0.543. The van der Waals surface area contributed by atoms with Gasteiger partial charge in [-0.25, -0.2) is 4.68 Å². The van der Waals surface area contributed by atoms with Gasteiger partial charge in [0.05, 0.1) is 11.4 Å². The molecule has 0 amide bonds. The normalized spacial score (nSPS) is 13.7. The van der Waals surface area contributed by atoms with Crippen molar-refractivity contribution in [3.8, 4) is 0 Å². The fourth-order valence-corrected chi connectivity index (χ4v) is 2.82. The van der Waals surface area contributed by atoms with Gasteiger partial charge in [-0.3, -0.25) is 0 Å². The van der Waals surface area contributed by atoms with Crippen molar-refractivity contribution >= 4 is 11.5 Å². The van der Waals surface area contributed by atoms with Crippen molar-refractivity contribution in [1.82, 2.24) is 9.78 Å². The van der Waals surface area contributed by atoms with Gasteiger partial charge in [-0.2, -0.15) is 5.10 Å². The number of aromatic nitrogens is 2. The van der Waals surface area contributed by atoms with Gasteiger partial charge in [0.1, 0.15) is 12.3 Å². The molecule has 3 heteroatoms. The first kappa shape index (κ1) is 12.9. The van der Waals surface area contributed by atoms with E-state index in [1.54, 1.807) is 0 Å². The summed E-state index contributed by atoms with van der Waals surface area (Å²) >= 11 is 0. The lowest BCUT2D eigenvalue weighted by Gasteiger charge is -2.23. The molecule has 22 heavy (non-hydrogen) atoms. The maximum absolute atomic E-state index is 6.09. The van der Waals surface area contributed by atoms with Crippen LogP contribution in [-0.4, -0.2) is 9.78 Å². The van der Waals surface area contributed by atoms with Crippen molar-refractivity contribution < 1.29 is 4.74 Å². The van der Waals surface area contributed by atoms with Gasteiger partial charge in [0, 0.05) is 11.1 Å². The van der Waals surface area contributed by atoms with Crippen molar-refractivity contribution in [3.05, 3.63) is 89.2 Å². The Morgan fingerprint density at radius 1 is 0.909 bits per heavy atom. The Hall–Kier alpha value is -2.81. The van der Waals surface area contributed by atoms with E-state index in [0.717, 1.165) is 34.0 Å². The van der Waals surface area contributed by atoms with E-state index < -0.39 is 0 Å². The Labute approximate surface area is 129 Å². The van der Waals surface area contributed by atoms with Crippen LogP contribution in [0.4, 0.5) is 0 Å². The molecule has 1 aliphatic rings. The van der Waals surface area contributed by atoms with Crippen molar-refractivity contribution in [2.45, 2.75) is 13.5 Å². The van der Waals surface area contributed by atoms with Gasteiger partial charge in [0.2, 0.25) is 0 Å². The van der Waals surface area contributed by atoms with E-state index in [2.05, 4.69) is 35.4 Å². The summed E-state index contributed by atoms with van der Waals surface area (Å²) in [6.07, 6.45) is 0. The van der Waals surface area contributed by atoms with Crippen LogP contribution in [0.2, 0.25) is 0 Å².